The van der Waals surface area contributed by atoms with Crippen LogP contribution >= 0.6 is 0 Å². The largest absolute Gasteiger partial charge is 0.484 e. The summed E-state index contributed by atoms with van der Waals surface area (Å²) >= 11 is 0. The molecule has 0 radical (unpaired) electrons. The van der Waals surface area contributed by atoms with Crippen molar-refractivity contribution >= 4 is 17.9 Å². The van der Waals surface area contributed by atoms with Gasteiger partial charge in [0.25, 0.3) is 0 Å². The van der Waals surface area contributed by atoms with Crippen molar-refractivity contribution in [1.29, 1.82) is 0 Å². The summed E-state index contributed by atoms with van der Waals surface area (Å²) in [6, 6.07) is 9.63. The van der Waals surface area contributed by atoms with Gasteiger partial charge in [-0.05, 0) is 58.1 Å². The second kappa shape index (κ2) is 18.1. The zero-order chi connectivity index (χ0) is 24.7. The first kappa shape index (κ1) is 35.0. The molecule has 1 saturated heterocycles. The van der Waals surface area contributed by atoms with E-state index in [1.54, 1.807) is 27.0 Å². The molecular weight excluding hydrogens is 547 g/mol. The van der Waals surface area contributed by atoms with Gasteiger partial charge in [0.2, 0.25) is 5.60 Å². The number of hydrogen-bond acceptors (Lipinski definition) is 7. The number of carbonyl (C=O) groups excluding carboxylic acids is 2. The zero-order valence-electron chi connectivity index (χ0n) is 21.3. The van der Waals surface area contributed by atoms with Crippen LogP contribution in [-0.2, 0) is 60.4 Å². The molecule has 9 heteroatoms. The van der Waals surface area contributed by atoms with Gasteiger partial charge in [-0.2, -0.15) is 0 Å². The third-order valence-electron chi connectivity index (χ3n) is 5.13. The van der Waals surface area contributed by atoms with Crippen LogP contribution in [0, 0.1) is 7.43 Å². The summed E-state index contributed by atoms with van der Waals surface area (Å²) in [5.74, 6) is -1.35. The smallest absolute Gasteiger partial charge is 0.350 e. The SMILES string of the molecule is CCOC(C)=O.C[C@]1(C(=O)O)CCCCO1.C[C@]1(C(=O)OCc2ccccc2)CCC=CO1.[CH3-].[Pd]. The number of hydrogen-bond donors (Lipinski definition) is 1. The van der Waals surface area contributed by atoms with Crippen LogP contribution in [0.3, 0.4) is 0 Å². The number of carbonyl (C=O) groups is 3. The van der Waals surface area contributed by atoms with Crippen LogP contribution in [0.4, 0.5) is 0 Å². The topological polar surface area (TPSA) is 108 Å². The molecule has 0 saturated carbocycles. The Morgan fingerprint density at radius 2 is 1.69 bits per heavy atom. The van der Waals surface area contributed by atoms with Crippen LogP contribution in [0.5, 0.6) is 0 Å². The number of carboxylic acid groups (broad SMARTS) is 1. The van der Waals surface area contributed by atoms with Gasteiger partial charge in [-0.3, -0.25) is 4.79 Å². The van der Waals surface area contributed by atoms with Gasteiger partial charge >= 0.3 is 17.9 Å². The average molecular weight is 586 g/mol. The van der Waals surface area contributed by atoms with Crippen LogP contribution in [0.15, 0.2) is 42.7 Å². The molecule has 2 aliphatic rings. The Morgan fingerprint density at radius 3 is 2.09 bits per heavy atom. The third kappa shape index (κ3) is 13.5. The fourth-order valence-corrected chi connectivity index (χ4v) is 3.02. The molecule has 0 amide bonds. The van der Waals surface area contributed by atoms with E-state index in [0.29, 0.717) is 32.7 Å². The quantitative estimate of drug-likeness (QED) is 0.297. The van der Waals surface area contributed by atoms with E-state index in [1.165, 1.54) is 6.92 Å². The summed E-state index contributed by atoms with van der Waals surface area (Å²) in [6.07, 6.45) is 7.58. The summed E-state index contributed by atoms with van der Waals surface area (Å²) in [4.78, 5) is 32.3. The molecule has 0 bridgehead atoms. The number of aliphatic carboxylic acids is 1. The normalized spacial score (nSPS) is 22.1. The van der Waals surface area contributed by atoms with Gasteiger partial charge in [0.05, 0.1) is 12.9 Å². The second-order valence-electron chi connectivity index (χ2n) is 8.09. The Bertz CT molecular complexity index is 775. The molecule has 202 valence electrons. The average Bonchev–Trinajstić information content (AvgIpc) is 2.80. The Hall–Kier alpha value is -2.21. The van der Waals surface area contributed by atoms with E-state index >= 15 is 0 Å². The van der Waals surface area contributed by atoms with Crippen LogP contribution in [-0.4, -0.2) is 47.4 Å². The number of carboxylic acids is 1. The van der Waals surface area contributed by atoms with Gasteiger partial charge in [0.1, 0.15) is 6.61 Å². The molecule has 1 aromatic carbocycles. The number of esters is 2. The summed E-state index contributed by atoms with van der Waals surface area (Å²) < 4.78 is 20.2. The molecular formula is C26H39O8Pd-. The first-order valence-electron chi connectivity index (χ1n) is 11.2. The second-order valence-corrected chi connectivity index (χ2v) is 8.09. The third-order valence-corrected chi connectivity index (χ3v) is 5.13. The van der Waals surface area contributed by atoms with E-state index in [9.17, 15) is 14.4 Å². The molecule has 2 aliphatic heterocycles. The van der Waals surface area contributed by atoms with Crippen molar-refractivity contribution in [2.75, 3.05) is 13.2 Å². The van der Waals surface area contributed by atoms with Gasteiger partial charge in [-0.25, -0.2) is 9.59 Å². The Balaban J connectivity index is 0. The van der Waals surface area contributed by atoms with E-state index in [-0.39, 0.29) is 39.8 Å². The molecule has 1 N–H and O–H groups in total. The van der Waals surface area contributed by atoms with Crippen LogP contribution in [0.2, 0.25) is 0 Å². The van der Waals surface area contributed by atoms with E-state index in [1.807, 2.05) is 36.4 Å². The van der Waals surface area contributed by atoms with Crippen molar-refractivity contribution in [2.24, 2.45) is 0 Å². The summed E-state index contributed by atoms with van der Waals surface area (Å²) in [6.45, 7) is 7.93. The molecule has 1 fully saturated rings. The molecule has 35 heavy (non-hydrogen) atoms. The van der Waals surface area contributed by atoms with E-state index in [0.717, 1.165) is 24.8 Å². The maximum atomic E-state index is 11.9. The maximum Gasteiger partial charge on any atom is 0.350 e. The molecule has 0 spiro atoms. The Kier molecular flexibility index (Phi) is 18.1. The molecule has 0 aromatic heterocycles. The van der Waals surface area contributed by atoms with E-state index in [4.69, 9.17) is 19.3 Å². The zero-order valence-corrected chi connectivity index (χ0v) is 22.9. The van der Waals surface area contributed by atoms with Crippen molar-refractivity contribution in [1.82, 2.24) is 0 Å². The minimum atomic E-state index is -0.905. The Labute approximate surface area is 223 Å². The number of allylic oxidation sites excluding steroid dienone is 1. The molecule has 2 heterocycles. The number of ether oxygens (including phenoxy) is 4. The first-order chi connectivity index (χ1) is 15.6. The molecule has 2 atom stereocenters. The van der Waals surface area contributed by atoms with Gasteiger partial charge in [0, 0.05) is 40.4 Å². The van der Waals surface area contributed by atoms with Crippen LogP contribution < -0.4 is 0 Å². The fraction of sp³-hybridized carbons (Fsp3) is 0.538. The number of benzene rings is 1. The predicted octanol–water partition coefficient (Wildman–Crippen LogP) is 4.86. The van der Waals surface area contributed by atoms with Gasteiger partial charge in [-0.1, -0.05) is 30.3 Å². The van der Waals surface area contributed by atoms with Gasteiger partial charge < -0.3 is 31.5 Å². The fourth-order valence-electron chi connectivity index (χ4n) is 3.02. The minimum absolute atomic E-state index is 0. The minimum Gasteiger partial charge on any atom is -0.484 e. The van der Waals surface area contributed by atoms with E-state index < -0.39 is 17.2 Å². The molecule has 0 unspecified atom stereocenters. The van der Waals surface area contributed by atoms with Gasteiger partial charge in [0.15, 0.2) is 5.60 Å². The predicted molar refractivity (Wildman–Crippen MR) is 129 cm³/mol. The Morgan fingerprint density at radius 1 is 1.03 bits per heavy atom. The van der Waals surface area contributed by atoms with Crippen molar-refractivity contribution < 1.29 is 58.9 Å². The summed E-state index contributed by atoms with van der Waals surface area (Å²) in [5.41, 5.74) is -0.752. The molecule has 3 rings (SSSR count). The van der Waals surface area contributed by atoms with E-state index in [2.05, 4.69) is 4.74 Å². The van der Waals surface area contributed by atoms with Crippen molar-refractivity contribution in [3.8, 4) is 0 Å². The van der Waals surface area contributed by atoms with Crippen molar-refractivity contribution in [2.45, 2.75) is 77.6 Å². The summed E-state index contributed by atoms with van der Waals surface area (Å²) in [7, 11) is 0. The standard InChI is InChI=1S/C14H16O3.C7H12O3.C4H8O2.CH3.Pd/c1-14(9-5-6-10-17-14)13(15)16-11-12-7-3-2-4-8-12;1-7(6(8)9)4-2-3-5-10-7;1-3-6-4(2)5;;/h2-4,6-8,10H,5,9,11H2,1H3;2-5H2,1H3,(H,8,9);3H2,1-2H3;1H3;/q;;;-1;/t14-;7-;;;/m11.../s1. The number of rotatable bonds is 5. The first-order valence-corrected chi connectivity index (χ1v) is 11.2. The molecule has 1 aromatic rings. The van der Waals surface area contributed by atoms with Gasteiger partial charge in [-0.15, -0.1) is 0 Å². The maximum absolute atomic E-state index is 11.9. The summed E-state index contributed by atoms with van der Waals surface area (Å²) in [5, 5.41) is 8.67. The monoisotopic (exact) mass is 585 g/mol. The van der Waals surface area contributed by atoms with Crippen LogP contribution in [0.25, 0.3) is 0 Å². The van der Waals surface area contributed by atoms with Crippen molar-refractivity contribution in [3.63, 3.8) is 0 Å². The van der Waals surface area contributed by atoms with Crippen molar-refractivity contribution in [3.05, 3.63) is 55.7 Å². The molecule has 0 aliphatic carbocycles. The molecule has 8 nitrogen and oxygen atoms in total. The van der Waals surface area contributed by atoms with Crippen LogP contribution in [0.1, 0.15) is 65.4 Å².